The van der Waals surface area contributed by atoms with Gasteiger partial charge >= 0.3 is 0 Å². The molecule has 1 aromatic carbocycles. The molecule has 1 aliphatic rings. The summed E-state index contributed by atoms with van der Waals surface area (Å²) in [6.45, 7) is 20.2. The van der Waals surface area contributed by atoms with Crippen LogP contribution in [0.15, 0.2) is 97.2 Å². The predicted octanol–water partition coefficient (Wildman–Crippen LogP) is 6.45. The van der Waals surface area contributed by atoms with Gasteiger partial charge in [0.05, 0.1) is 0 Å². The van der Waals surface area contributed by atoms with Crippen LogP contribution >= 0.6 is 0 Å². The normalized spacial score (nSPS) is 15.7. The van der Waals surface area contributed by atoms with Crippen molar-refractivity contribution in [2.45, 2.75) is 46.1 Å². The Labute approximate surface area is 195 Å². The van der Waals surface area contributed by atoms with E-state index in [1.165, 1.54) is 16.7 Å². The zero-order valence-electron chi connectivity index (χ0n) is 20.2. The number of para-hydroxylation sites is 1. The second kappa shape index (κ2) is 16.1. The number of allylic oxidation sites excluding steroid dienone is 6. The van der Waals surface area contributed by atoms with Crippen molar-refractivity contribution in [1.29, 1.82) is 0 Å². The lowest BCUT2D eigenvalue weighted by molar-refractivity contribution is 0.0699. The van der Waals surface area contributed by atoms with Crippen LogP contribution in [0, 0.1) is 0 Å². The van der Waals surface area contributed by atoms with E-state index < -0.39 is 6.10 Å². The molecule has 2 rings (SSSR count). The third-order valence-corrected chi connectivity index (χ3v) is 5.32. The number of rotatable bonds is 12. The monoisotopic (exact) mass is 435 g/mol. The van der Waals surface area contributed by atoms with E-state index in [9.17, 15) is 5.11 Å². The number of hydrogen-bond donors (Lipinski definition) is 1. The average Bonchev–Trinajstić information content (AvgIpc) is 2.84. The lowest BCUT2D eigenvalue weighted by Gasteiger charge is -2.30. The van der Waals surface area contributed by atoms with Crippen LogP contribution in [0.3, 0.4) is 0 Å². The number of β-amino-alcohol motifs (C(OH)–C–C–N with tert-alkyl or cyclic N) is 1. The molecule has 0 amide bonds. The van der Waals surface area contributed by atoms with E-state index in [1.807, 2.05) is 69.4 Å². The number of aliphatic hydroxyl groups excluding tert-OH is 1. The van der Waals surface area contributed by atoms with Crippen LogP contribution in [-0.4, -0.2) is 42.4 Å². The number of ether oxygens (including phenoxy) is 1. The first-order valence-electron chi connectivity index (χ1n) is 11.6. The minimum Gasteiger partial charge on any atom is -0.491 e. The second-order valence-electron chi connectivity index (χ2n) is 7.49. The highest BCUT2D eigenvalue weighted by Gasteiger charge is 2.19. The Morgan fingerprint density at radius 3 is 2.53 bits per heavy atom. The topological polar surface area (TPSA) is 32.7 Å². The van der Waals surface area contributed by atoms with Crippen molar-refractivity contribution in [2.75, 3.05) is 26.2 Å². The minimum atomic E-state index is -0.548. The molecule has 0 spiro atoms. The molecule has 1 aliphatic heterocycles. The van der Waals surface area contributed by atoms with Gasteiger partial charge in [0.1, 0.15) is 18.5 Å². The summed E-state index contributed by atoms with van der Waals surface area (Å²) in [6.07, 6.45) is 14.0. The summed E-state index contributed by atoms with van der Waals surface area (Å²) in [5, 5.41) is 10.5. The van der Waals surface area contributed by atoms with Crippen LogP contribution in [0.5, 0.6) is 5.75 Å². The zero-order valence-corrected chi connectivity index (χ0v) is 20.2. The summed E-state index contributed by atoms with van der Waals surface area (Å²) in [7, 11) is 0. The smallest absolute Gasteiger partial charge is 0.122 e. The fourth-order valence-electron chi connectivity index (χ4n) is 3.59. The van der Waals surface area contributed by atoms with E-state index in [0.717, 1.165) is 43.7 Å². The Hall–Kier alpha value is -2.62. The molecule has 1 heterocycles. The number of hydrogen-bond acceptors (Lipinski definition) is 3. The molecule has 0 aromatic heterocycles. The molecule has 0 radical (unpaired) electrons. The Kier molecular flexibility index (Phi) is 13.8. The average molecular weight is 436 g/mol. The van der Waals surface area contributed by atoms with Gasteiger partial charge in [-0.15, -0.1) is 0 Å². The quantitative estimate of drug-likeness (QED) is 0.383. The second-order valence-corrected chi connectivity index (χ2v) is 7.49. The molecule has 174 valence electrons. The van der Waals surface area contributed by atoms with E-state index in [0.29, 0.717) is 6.54 Å². The van der Waals surface area contributed by atoms with Crippen molar-refractivity contribution in [1.82, 2.24) is 4.90 Å². The number of aryl methyl sites for hydroxylation is 1. The fraction of sp³-hybridized carbons (Fsp3) is 0.379. The molecule has 32 heavy (non-hydrogen) atoms. The van der Waals surface area contributed by atoms with Crippen LogP contribution in [0.1, 0.15) is 39.2 Å². The highest BCUT2D eigenvalue weighted by atomic mass is 16.5. The van der Waals surface area contributed by atoms with Crippen molar-refractivity contribution < 1.29 is 9.84 Å². The molecular weight excluding hydrogens is 394 g/mol. The first-order valence-corrected chi connectivity index (χ1v) is 11.6. The lowest BCUT2D eigenvalue weighted by atomic mass is 10.00. The summed E-state index contributed by atoms with van der Waals surface area (Å²) < 4.78 is 6.00. The van der Waals surface area contributed by atoms with E-state index in [1.54, 1.807) is 0 Å². The Morgan fingerprint density at radius 2 is 1.88 bits per heavy atom. The Balaban J connectivity index is 0.00000249. The summed E-state index contributed by atoms with van der Waals surface area (Å²) in [5.74, 6) is 0.838. The van der Waals surface area contributed by atoms with Crippen molar-refractivity contribution in [2.24, 2.45) is 0 Å². The van der Waals surface area contributed by atoms with Gasteiger partial charge in [0, 0.05) is 19.6 Å². The third kappa shape index (κ3) is 9.25. The summed E-state index contributed by atoms with van der Waals surface area (Å²) in [5.41, 5.74) is 4.78. The summed E-state index contributed by atoms with van der Waals surface area (Å²) >= 11 is 0. The van der Waals surface area contributed by atoms with Gasteiger partial charge < -0.3 is 9.84 Å². The third-order valence-electron chi connectivity index (χ3n) is 5.32. The first-order chi connectivity index (χ1) is 15.6. The molecule has 0 saturated carbocycles. The molecule has 3 heteroatoms. The van der Waals surface area contributed by atoms with Crippen LogP contribution in [0.25, 0.3) is 0 Å². The van der Waals surface area contributed by atoms with E-state index in [2.05, 4.69) is 36.8 Å². The van der Waals surface area contributed by atoms with Crippen LogP contribution in [-0.2, 0) is 6.42 Å². The summed E-state index contributed by atoms with van der Waals surface area (Å²) in [4.78, 5) is 2.24. The van der Waals surface area contributed by atoms with E-state index >= 15 is 0 Å². The molecular formula is C29H41NO2. The maximum absolute atomic E-state index is 10.5. The van der Waals surface area contributed by atoms with E-state index in [4.69, 9.17) is 4.74 Å². The van der Waals surface area contributed by atoms with Gasteiger partial charge in [0.2, 0.25) is 0 Å². The van der Waals surface area contributed by atoms with Gasteiger partial charge in [-0.2, -0.15) is 0 Å². The molecule has 0 aliphatic carbocycles. The van der Waals surface area contributed by atoms with Crippen molar-refractivity contribution in [3.63, 3.8) is 0 Å². The zero-order chi connectivity index (χ0) is 23.8. The van der Waals surface area contributed by atoms with Gasteiger partial charge in [0.25, 0.3) is 0 Å². The Morgan fingerprint density at radius 1 is 1.16 bits per heavy atom. The maximum Gasteiger partial charge on any atom is 0.122 e. The number of benzene rings is 1. The van der Waals surface area contributed by atoms with Gasteiger partial charge in [0.15, 0.2) is 0 Å². The molecule has 0 fully saturated rings. The molecule has 1 atom stereocenters. The molecule has 3 nitrogen and oxygen atoms in total. The molecule has 1 N–H and O–H groups in total. The molecule has 0 saturated heterocycles. The van der Waals surface area contributed by atoms with Crippen molar-refractivity contribution in [3.05, 3.63) is 103 Å². The molecule has 1 unspecified atom stereocenters. The van der Waals surface area contributed by atoms with Crippen LogP contribution in [0.2, 0.25) is 0 Å². The SMILES string of the molecule is C=CC1=C(C=C)CN(CC(O)COc2ccccc2CC/C(C=C)=C/C=C\C)CC1.CC. The fourth-order valence-corrected chi connectivity index (χ4v) is 3.59. The number of aliphatic hydroxyl groups is 1. The van der Waals surface area contributed by atoms with Crippen molar-refractivity contribution in [3.8, 4) is 5.75 Å². The van der Waals surface area contributed by atoms with E-state index in [-0.39, 0.29) is 6.61 Å². The predicted molar refractivity (Wildman–Crippen MR) is 139 cm³/mol. The highest BCUT2D eigenvalue weighted by molar-refractivity contribution is 5.35. The van der Waals surface area contributed by atoms with Crippen LogP contribution < -0.4 is 4.74 Å². The molecule has 1 aromatic rings. The van der Waals surface area contributed by atoms with Gasteiger partial charge in [-0.1, -0.05) is 88.2 Å². The highest BCUT2D eigenvalue weighted by Crippen LogP contribution is 2.23. The van der Waals surface area contributed by atoms with Gasteiger partial charge in [-0.25, -0.2) is 0 Å². The first kappa shape index (κ1) is 27.4. The number of nitrogens with zero attached hydrogens (tertiary/aromatic N) is 1. The maximum atomic E-state index is 10.5. The summed E-state index contributed by atoms with van der Waals surface area (Å²) in [6, 6.07) is 8.05. The molecule has 0 bridgehead atoms. The Bertz CT molecular complexity index is 816. The van der Waals surface area contributed by atoms with Crippen LogP contribution in [0.4, 0.5) is 0 Å². The standard InChI is InChI=1S/C27H35NO2.C2H6/c1-5-9-12-22(6-2)15-16-25-13-10-11-14-27(25)30-21-26(29)20-28-18-17-23(7-3)24(8-4)19-28;1-2/h5-14,26,29H,2-4,15-21H2,1H3;1-2H3/b9-5-,22-12+;. The lowest BCUT2D eigenvalue weighted by Crippen LogP contribution is -2.39. The van der Waals surface area contributed by atoms with Gasteiger partial charge in [-0.3, -0.25) is 4.90 Å². The van der Waals surface area contributed by atoms with Gasteiger partial charge in [-0.05, 0) is 54.5 Å². The van der Waals surface area contributed by atoms with Crippen molar-refractivity contribution >= 4 is 0 Å². The largest absolute Gasteiger partial charge is 0.491 e. The minimum absolute atomic E-state index is 0.275.